The van der Waals surface area contributed by atoms with Crippen LogP contribution in [0.15, 0.2) is 88.7 Å². The number of hydrogen-bond donors (Lipinski definition) is 2. The third-order valence-electron chi connectivity index (χ3n) is 6.58. The molecule has 9 heteroatoms. The van der Waals surface area contributed by atoms with Crippen molar-refractivity contribution >= 4 is 19.7 Å². The van der Waals surface area contributed by atoms with Gasteiger partial charge in [-0.25, -0.2) is 27.3 Å². The van der Waals surface area contributed by atoms with E-state index in [1.54, 1.807) is 48.5 Å². The molecule has 0 amide bonds. The third-order valence-corrected chi connectivity index (χ3v) is 10.9. The van der Waals surface area contributed by atoms with Crippen LogP contribution < -0.4 is 11.0 Å². The first kappa shape index (κ1) is 26.5. The Bertz CT molecular complexity index is 1270. The lowest BCUT2D eigenvalue weighted by molar-refractivity contribution is 0.140. The maximum absolute atomic E-state index is 13.6. The molecule has 1 heterocycles. The molecule has 7 nitrogen and oxygen atoms in total. The van der Waals surface area contributed by atoms with E-state index in [0.29, 0.717) is 19.5 Å². The number of aryl methyl sites for hydroxylation is 2. The second-order valence-electron chi connectivity index (χ2n) is 9.36. The summed E-state index contributed by atoms with van der Waals surface area (Å²) in [6, 6.07) is 23.3. The van der Waals surface area contributed by atoms with Gasteiger partial charge in [0.1, 0.15) is 5.37 Å². The summed E-state index contributed by atoms with van der Waals surface area (Å²) in [6.45, 7) is 4.73. The minimum Gasteiger partial charge on any atom is -0.226 e. The molecule has 2 atom stereocenters. The van der Waals surface area contributed by atoms with Gasteiger partial charge in [-0.3, -0.25) is 0 Å². The van der Waals surface area contributed by atoms with Crippen molar-refractivity contribution < 1.29 is 16.8 Å². The first-order valence-electron chi connectivity index (χ1n) is 12.1. The molecule has 0 saturated carbocycles. The van der Waals surface area contributed by atoms with Crippen LogP contribution in [0, 0.1) is 13.8 Å². The highest BCUT2D eigenvalue weighted by Crippen LogP contribution is 2.27. The highest BCUT2D eigenvalue weighted by Gasteiger charge is 2.34. The maximum Gasteiger partial charge on any atom is 0.195 e. The van der Waals surface area contributed by atoms with Gasteiger partial charge in [0, 0.05) is 13.1 Å². The van der Waals surface area contributed by atoms with Gasteiger partial charge in [0.25, 0.3) is 0 Å². The van der Waals surface area contributed by atoms with Crippen molar-refractivity contribution in [3.05, 3.63) is 95.6 Å². The Labute approximate surface area is 214 Å². The lowest BCUT2D eigenvalue weighted by Crippen LogP contribution is -2.52. The van der Waals surface area contributed by atoms with Gasteiger partial charge in [-0.1, -0.05) is 65.7 Å². The van der Waals surface area contributed by atoms with Gasteiger partial charge in [0.2, 0.25) is 0 Å². The molecule has 1 aliphatic heterocycles. The zero-order valence-corrected chi connectivity index (χ0v) is 22.2. The Morgan fingerprint density at radius 1 is 0.722 bits per heavy atom. The average Bonchev–Trinajstić information content (AvgIpc) is 2.96. The maximum atomic E-state index is 13.6. The Morgan fingerprint density at radius 2 is 1.28 bits per heavy atom. The summed E-state index contributed by atoms with van der Waals surface area (Å²) < 4.78 is 54.3. The lowest BCUT2D eigenvalue weighted by Gasteiger charge is -2.26. The van der Waals surface area contributed by atoms with Gasteiger partial charge in [0.05, 0.1) is 15.0 Å². The van der Waals surface area contributed by atoms with Gasteiger partial charge in [0.15, 0.2) is 19.7 Å². The fourth-order valence-corrected chi connectivity index (χ4v) is 7.61. The third kappa shape index (κ3) is 6.22. The van der Waals surface area contributed by atoms with Crippen molar-refractivity contribution in [3.8, 4) is 0 Å². The van der Waals surface area contributed by atoms with Crippen molar-refractivity contribution in [2.45, 2.75) is 60.1 Å². The molecule has 0 aliphatic carbocycles. The molecule has 0 spiro atoms. The van der Waals surface area contributed by atoms with Gasteiger partial charge < -0.3 is 0 Å². The van der Waals surface area contributed by atoms with E-state index < -0.39 is 30.3 Å². The molecule has 3 aromatic carbocycles. The summed E-state index contributed by atoms with van der Waals surface area (Å²) in [6.07, 6.45) is 0.743. The summed E-state index contributed by atoms with van der Waals surface area (Å²) >= 11 is 0. The highest BCUT2D eigenvalue weighted by molar-refractivity contribution is 7.92. The highest BCUT2D eigenvalue weighted by atomic mass is 32.2. The van der Waals surface area contributed by atoms with E-state index in [1.165, 1.54) is 0 Å². The van der Waals surface area contributed by atoms with Crippen molar-refractivity contribution in [3.63, 3.8) is 0 Å². The van der Waals surface area contributed by atoms with Crippen LogP contribution in [0.3, 0.4) is 0 Å². The second kappa shape index (κ2) is 11.2. The van der Waals surface area contributed by atoms with Crippen LogP contribution in [0.4, 0.5) is 0 Å². The van der Waals surface area contributed by atoms with Gasteiger partial charge in [-0.2, -0.15) is 5.53 Å². The smallest absolute Gasteiger partial charge is 0.195 e. The van der Waals surface area contributed by atoms with E-state index in [1.807, 2.05) is 49.2 Å². The predicted molar refractivity (Wildman–Crippen MR) is 141 cm³/mol. The second-order valence-corrected chi connectivity index (χ2v) is 13.7. The molecule has 0 aromatic heterocycles. The van der Waals surface area contributed by atoms with Crippen molar-refractivity contribution in [2.75, 3.05) is 6.54 Å². The van der Waals surface area contributed by atoms with Gasteiger partial charge >= 0.3 is 0 Å². The topological polar surface area (TPSA) is 95.6 Å². The molecular weight excluding hydrogens is 494 g/mol. The summed E-state index contributed by atoms with van der Waals surface area (Å²) in [4.78, 5) is 0.477. The molecule has 2 unspecified atom stereocenters. The van der Waals surface area contributed by atoms with Gasteiger partial charge in [-0.15, -0.1) is 0 Å². The standard InChI is InChI=1S/C27H33N3O4S2/c1-21-8-12-24(13-9-21)35(31,32)26-16-17-27(36(33,34)25-14-10-22(2)11-15-25)28-29-30(19-18-26)20-23-6-4-3-5-7-23/h3-15,26-29H,16-20H2,1-2H3. The number of nitrogens with one attached hydrogen (secondary N) is 2. The molecule has 4 rings (SSSR count). The summed E-state index contributed by atoms with van der Waals surface area (Å²) in [7, 11) is -7.41. The van der Waals surface area contributed by atoms with Crippen LogP contribution in [-0.2, 0) is 26.2 Å². The first-order chi connectivity index (χ1) is 17.2. The number of hydrogen-bond acceptors (Lipinski definition) is 7. The summed E-state index contributed by atoms with van der Waals surface area (Å²) in [5, 5.41) is 0.138. The predicted octanol–water partition coefficient (Wildman–Crippen LogP) is 3.94. The largest absolute Gasteiger partial charge is 0.226 e. The monoisotopic (exact) mass is 527 g/mol. The van der Waals surface area contributed by atoms with Crippen LogP contribution in [0.2, 0.25) is 0 Å². The molecular formula is C27H33N3O4S2. The summed E-state index contributed by atoms with van der Waals surface area (Å²) in [5.41, 5.74) is 9.05. The number of nitrogens with zero attached hydrogens (tertiary/aromatic N) is 1. The zero-order chi connectivity index (χ0) is 25.8. The van der Waals surface area contributed by atoms with E-state index in [2.05, 4.69) is 11.0 Å². The lowest BCUT2D eigenvalue weighted by atomic mass is 10.1. The number of hydrazine groups is 2. The van der Waals surface area contributed by atoms with Crippen LogP contribution in [-0.4, -0.2) is 39.0 Å². The average molecular weight is 528 g/mol. The van der Waals surface area contributed by atoms with Crippen LogP contribution >= 0.6 is 0 Å². The van der Waals surface area contributed by atoms with E-state index in [4.69, 9.17) is 0 Å². The molecule has 0 radical (unpaired) electrons. The van der Waals surface area contributed by atoms with Gasteiger partial charge in [-0.05, 0) is 62.9 Å². The number of sulfone groups is 2. The Balaban J connectivity index is 1.64. The van der Waals surface area contributed by atoms with E-state index in [-0.39, 0.29) is 22.6 Å². The van der Waals surface area contributed by atoms with E-state index >= 15 is 0 Å². The fraction of sp³-hybridized carbons (Fsp3) is 0.333. The Kier molecular flexibility index (Phi) is 8.27. The van der Waals surface area contributed by atoms with Crippen molar-refractivity contribution in [1.29, 1.82) is 0 Å². The minimum atomic E-state index is -3.77. The molecule has 36 heavy (non-hydrogen) atoms. The number of benzene rings is 3. The van der Waals surface area contributed by atoms with Crippen LogP contribution in [0.5, 0.6) is 0 Å². The molecule has 0 bridgehead atoms. The normalized spacial score (nSPS) is 20.3. The molecule has 1 saturated heterocycles. The first-order valence-corrected chi connectivity index (χ1v) is 15.2. The van der Waals surface area contributed by atoms with Crippen molar-refractivity contribution in [2.24, 2.45) is 0 Å². The quantitative estimate of drug-likeness (QED) is 0.501. The SMILES string of the molecule is Cc1ccc(S(=O)(=O)C2CCC(S(=O)(=O)c3ccc(C)cc3)NNN(Cc3ccccc3)CC2)cc1. The Morgan fingerprint density at radius 3 is 1.86 bits per heavy atom. The minimum absolute atomic E-state index is 0.151. The summed E-state index contributed by atoms with van der Waals surface area (Å²) in [5.74, 6) is 0. The van der Waals surface area contributed by atoms with E-state index in [9.17, 15) is 16.8 Å². The van der Waals surface area contributed by atoms with Crippen molar-refractivity contribution in [1.82, 2.24) is 16.0 Å². The zero-order valence-electron chi connectivity index (χ0n) is 20.6. The van der Waals surface area contributed by atoms with Crippen LogP contribution in [0.25, 0.3) is 0 Å². The molecule has 1 fully saturated rings. The fourth-order valence-electron chi connectivity index (χ4n) is 4.35. The molecule has 3 aromatic rings. The Hall–Kier alpha value is -2.56. The van der Waals surface area contributed by atoms with Crippen LogP contribution in [0.1, 0.15) is 36.0 Å². The molecule has 2 N–H and O–H groups in total. The van der Waals surface area contributed by atoms with E-state index in [0.717, 1.165) is 16.7 Å². The molecule has 192 valence electrons. The number of rotatable bonds is 6. The molecule has 1 aliphatic rings.